The molecule has 0 spiro atoms. The molecule has 2 amide bonds. The van der Waals surface area contributed by atoms with Gasteiger partial charge in [0, 0.05) is 60.9 Å². The van der Waals surface area contributed by atoms with Gasteiger partial charge in [0.2, 0.25) is 11.9 Å². The number of nitrogens with zero attached hydrogens (tertiary/aromatic N) is 5. The molecule has 4 aromatic rings. The average molecular weight is 503 g/mol. The predicted molar refractivity (Wildman–Crippen MR) is 142 cm³/mol. The van der Waals surface area contributed by atoms with Crippen LogP contribution in [0.2, 0.25) is 0 Å². The Kier molecular flexibility index (Phi) is 6.63. The van der Waals surface area contributed by atoms with Crippen LogP contribution in [0.5, 0.6) is 0 Å². The van der Waals surface area contributed by atoms with E-state index in [1.54, 1.807) is 0 Å². The van der Waals surface area contributed by atoms with Crippen LogP contribution >= 0.6 is 11.5 Å². The van der Waals surface area contributed by atoms with Crippen molar-refractivity contribution >= 4 is 63.1 Å². The molecule has 2 aromatic carbocycles. The number of rotatable bonds is 7. The number of aromatic nitrogens is 3. The molecule has 184 valence electrons. The molecule has 1 aliphatic rings. The Hall–Kier alpha value is -4.25. The van der Waals surface area contributed by atoms with Crippen molar-refractivity contribution in [2.75, 3.05) is 41.7 Å². The molecule has 3 heterocycles. The van der Waals surface area contributed by atoms with Crippen molar-refractivity contribution in [3.8, 4) is 0 Å². The summed E-state index contributed by atoms with van der Waals surface area (Å²) >= 11 is 1.36. The van der Waals surface area contributed by atoms with Crippen LogP contribution in [-0.2, 0) is 4.79 Å². The molecule has 11 heteroatoms. The van der Waals surface area contributed by atoms with E-state index >= 15 is 0 Å². The lowest BCUT2D eigenvalue weighted by Gasteiger charge is -2.36. The van der Waals surface area contributed by atoms with E-state index in [2.05, 4.69) is 29.9 Å². The van der Waals surface area contributed by atoms with E-state index in [1.807, 2.05) is 59.7 Å². The third kappa shape index (κ3) is 4.91. The Morgan fingerprint density at radius 2 is 1.83 bits per heavy atom. The lowest BCUT2D eigenvalue weighted by Crippen LogP contribution is -2.48. The molecule has 1 aliphatic heterocycles. The molecule has 0 atom stereocenters. The van der Waals surface area contributed by atoms with Crippen molar-refractivity contribution in [3.63, 3.8) is 0 Å². The van der Waals surface area contributed by atoms with Gasteiger partial charge in [-0.15, -0.1) is 0 Å². The number of benzene rings is 2. The van der Waals surface area contributed by atoms with E-state index in [9.17, 15) is 9.59 Å². The molecule has 0 bridgehead atoms. The Labute approximate surface area is 212 Å². The van der Waals surface area contributed by atoms with Gasteiger partial charge in [-0.25, -0.2) is 4.98 Å². The number of hydrogen-bond acceptors (Lipinski definition) is 9. The second-order valence-electron chi connectivity index (χ2n) is 8.39. The quantitative estimate of drug-likeness (QED) is 0.349. The Morgan fingerprint density at radius 3 is 2.56 bits per heavy atom. The van der Waals surface area contributed by atoms with Crippen molar-refractivity contribution in [1.29, 1.82) is 0 Å². The summed E-state index contributed by atoms with van der Waals surface area (Å²) in [6.45, 7) is 4.97. The SMILES string of the molecule is CCC(=O)N1CCN(c2ccc(Nc3ncc(C(N)=O)c(Nc4cccc5nscc45)n3)cc2)CC1. The number of nitrogens with one attached hydrogen (secondary N) is 2. The van der Waals surface area contributed by atoms with Gasteiger partial charge < -0.3 is 26.2 Å². The highest BCUT2D eigenvalue weighted by atomic mass is 32.1. The first-order chi connectivity index (χ1) is 17.5. The van der Waals surface area contributed by atoms with Crippen LogP contribution in [-0.4, -0.2) is 57.2 Å². The maximum atomic E-state index is 12.0. The molecule has 1 fully saturated rings. The zero-order chi connectivity index (χ0) is 25.1. The van der Waals surface area contributed by atoms with Crippen LogP contribution in [0.25, 0.3) is 10.9 Å². The zero-order valence-corrected chi connectivity index (χ0v) is 20.6. The first-order valence-electron chi connectivity index (χ1n) is 11.7. The normalized spacial score (nSPS) is 13.6. The zero-order valence-electron chi connectivity index (χ0n) is 19.8. The Bertz CT molecular complexity index is 1400. The molecule has 0 saturated carbocycles. The van der Waals surface area contributed by atoms with E-state index in [4.69, 9.17) is 5.73 Å². The fourth-order valence-electron chi connectivity index (χ4n) is 4.17. The van der Waals surface area contributed by atoms with Gasteiger partial charge in [0.05, 0.1) is 11.2 Å². The molecule has 2 aromatic heterocycles. The minimum absolute atomic E-state index is 0.191. The lowest BCUT2D eigenvalue weighted by molar-refractivity contribution is -0.131. The summed E-state index contributed by atoms with van der Waals surface area (Å²) in [5.41, 5.74) is 9.29. The Balaban J connectivity index is 1.31. The van der Waals surface area contributed by atoms with Crippen molar-refractivity contribution < 1.29 is 9.59 Å². The third-order valence-electron chi connectivity index (χ3n) is 6.14. The molecular formula is C25H26N8O2S. The van der Waals surface area contributed by atoms with Crippen molar-refractivity contribution in [2.45, 2.75) is 13.3 Å². The maximum Gasteiger partial charge on any atom is 0.254 e. The van der Waals surface area contributed by atoms with Gasteiger partial charge in [-0.2, -0.15) is 9.36 Å². The number of hydrogen-bond donors (Lipinski definition) is 3. The molecule has 5 rings (SSSR count). The summed E-state index contributed by atoms with van der Waals surface area (Å²) in [5.74, 6) is 0.228. The number of primary amides is 1. The van der Waals surface area contributed by atoms with Crippen LogP contribution in [0.3, 0.4) is 0 Å². The van der Waals surface area contributed by atoms with Crippen LogP contribution in [0.15, 0.2) is 54.0 Å². The summed E-state index contributed by atoms with van der Waals surface area (Å²) in [5, 5.41) is 9.28. The molecule has 4 N–H and O–H groups in total. The van der Waals surface area contributed by atoms with Crippen molar-refractivity contribution in [3.05, 3.63) is 59.6 Å². The molecule has 0 aliphatic carbocycles. The smallest absolute Gasteiger partial charge is 0.254 e. The lowest BCUT2D eigenvalue weighted by atomic mass is 10.2. The second-order valence-corrected chi connectivity index (χ2v) is 9.02. The minimum Gasteiger partial charge on any atom is -0.368 e. The fraction of sp³-hybridized carbons (Fsp3) is 0.240. The van der Waals surface area contributed by atoms with Gasteiger partial charge in [-0.3, -0.25) is 9.59 Å². The number of anilines is 5. The summed E-state index contributed by atoms with van der Waals surface area (Å²) < 4.78 is 4.35. The van der Waals surface area contributed by atoms with E-state index in [-0.39, 0.29) is 11.5 Å². The highest BCUT2D eigenvalue weighted by Gasteiger charge is 2.20. The molecule has 0 unspecified atom stereocenters. The number of carbonyl (C=O) groups is 2. The predicted octanol–water partition coefficient (Wildman–Crippen LogP) is 3.73. The summed E-state index contributed by atoms with van der Waals surface area (Å²) in [6, 6.07) is 13.7. The number of carbonyl (C=O) groups excluding carboxylic acids is 2. The van der Waals surface area contributed by atoms with Gasteiger partial charge in [0.25, 0.3) is 5.91 Å². The molecule has 1 saturated heterocycles. The average Bonchev–Trinajstić information content (AvgIpc) is 3.39. The summed E-state index contributed by atoms with van der Waals surface area (Å²) in [4.78, 5) is 36.9. The van der Waals surface area contributed by atoms with E-state index in [1.165, 1.54) is 17.7 Å². The van der Waals surface area contributed by atoms with Crippen LogP contribution < -0.4 is 21.3 Å². The standard InChI is InChI=1S/C25H26N8O2S/c1-2-22(34)33-12-10-32(11-13-33)17-8-6-16(7-9-17)28-25-27-14-18(23(26)35)24(30-25)29-20-4-3-5-21-19(20)15-36-31-21/h3-9,14-15H,2,10-13H2,1H3,(H2,26,35)(H2,27,28,29,30). The van der Waals surface area contributed by atoms with Crippen LogP contribution in [0.4, 0.5) is 28.8 Å². The topological polar surface area (TPSA) is 129 Å². The first-order valence-corrected chi connectivity index (χ1v) is 12.5. The van der Waals surface area contributed by atoms with Crippen molar-refractivity contribution in [2.24, 2.45) is 5.73 Å². The van der Waals surface area contributed by atoms with Gasteiger partial charge in [-0.05, 0) is 47.9 Å². The van der Waals surface area contributed by atoms with E-state index in [0.717, 1.165) is 54.1 Å². The summed E-state index contributed by atoms with van der Waals surface area (Å²) in [6.07, 6.45) is 1.96. The van der Waals surface area contributed by atoms with Crippen LogP contribution in [0, 0.1) is 0 Å². The van der Waals surface area contributed by atoms with Gasteiger partial charge >= 0.3 is 0 Å². The number of amides is 2. The van der Waals surface area contributed by atoms with Gasteiger partial charge in [0.15, 0.2) is 0 Å². The number of fused-ring (bicyclic) bond motifs is 1. The third-order valence-corrected chi connectivity index (χ3v) is 6.78. The van der Waals surface area contributed by atoms with E-state index < -0.39 is 5.91 Å². The Morgan fingerprint density at radius 1 is 1.06 bits per heavy atom. The van der Waals surface area contributed by atoms with Gasteiger partial charge in [0.1, 0.15) is 11.4 Å². The van der Waals surface area contributed by atoms with E-state index in [0.29, 0.717) is 18.2 Å². The molecule has 0 radical (unpaired) electrons. The molecule has 36 heavy (non-hydrogen) atoms. The maximum absolute atomic E-state index is 12.0. The largest absolute Gasteiger partial charge is 0.368 e. The van der Waals surface area contributed by atoms with Crippen LogP contribution in [0.1, 0.15) is 23.7 Å². The highest BCUT2D eigenvalue weighted by Crippen LogP contribution is 2.29. The highest BCUT2D eigenvalue weighted by molar-refractivity contribution is 7.04. The second kappa shape index (κ2) is 10.2. The monoisotopic (exact) mass is 502 g/mol. The fourth-order valence-corrected chi connectivity index (χ4v) is 4.85. The number of piperazine rings is 1. The molecular weight excluding hydrogens is 476 g/mol. The molecule has 10 nitrogen and oxygen atoms in total. The summed E-state index contributed by atoms with van der Waals surface area (Å²) in [7, 11) is 0. The number of nitrogens with two attached hydrogens (primary N) is 1. The van der Waals surface area contributed by atoms with Crippen molar-refractivity contribution in [1.82, 2.24) is 19.2 Å². The van der Waals surface area contributed by atoms with Gasteiger partial charge in [-0.1, -0.05) is 13.0 Å². The first kappa shape index (κ1) is 23.5. The minimum atomic E-state index is -0.621.